The van der Waals surface area contributed by atoms with Crippen molar-refractivity contribution in [2.45, 2.75) is 36.9 Å². The molecule has 0 aromatic carbocycles. The molecular weight excluding hydrogens is 292 g/mol. The number of rotatable bonds is 0. The first kappa shape index (κ1) is 13.9. The summed E-state index contributed by atoms with van der Waals surface area (Å²) in [6.07, 6.45) is 5.56. The standard InChI is InChI=1S/C17H16N4S/c18-6-15(7-19)10-22-17(16(15,8-20)9-21)13-2-11-1-12(4-13)5-14(17)3-11/h11-14H,1-5,10H2. The first-order valence-electron chi connectivity index (χ1n) is 7.90. The summed E-state index contributed by atoms with van der Waals surface area (Å²) in [4.78, 5) is 0. The van der Waals surface area contributed by atoms with E-state index in [9.17, 15) is 21.0 Å². The van der Waals surface area contributed by atoms with E-state index in [4.69, 9.17) is 0 Å². The largest absolute Gasteiger partial charge is 0.196 e. The molecule has 4 aliphatic carbocycles. The monoisotopic (exact) mass is 308 g/mol. The van der Waals surface area contributed by atoms with Crippen molar-refractivity contribution < 1.29 is 0 Å². The minimum Gasteiger partial charge on any atom is -0.196 e. The Labute approximate surface area is 134 Å². The van der Waals surface area contributed by atoms with Crippen LogP contribution in [0.15, 0.2) is 0 Å². The molecule has 0 aromatic rings. The second-order valence-electron chi connectivity index (χ2n) is 7.49. The van der Waals surface area contributed by atoms with Crippen LogP contribution < -0.4 is 0 Å². The van der Waals surface area contributed by atoms with E-state index in [1.54, 1.807) is 11.8 Å². The zero-order chi connectivity index (χ0) is 15.6. The van der Waals surface area contributed by atoms with Crippen LogP contribution in [0.4, 0.5) is 0 Å². The molecule has 1 heterocycles. The van der Waals surface area contributed by atoms with Crippen LogP contribution in [0.5, 0.6) is 0 Å². The van der Waals surface area contributed by atoms with Crippen LogP contribution in [0.2, 0.25) is 0 Å². The van der Waals surface area contributed by atoms with Gasteiger partial charge in [-0.25, -0.2) is 0 Å². The van der Waals surface area contributed by atoms with E-state index in [0.29, 0.717) is 17.6 Å². The van der Waals surface area contributed by atoms with Crippen LogP contribution in [0, 0.1) is 79.8 Å². The van der Waals surface area contributed by atoms with Gasteiger partial charge >= 0.3 is 0 Å². The number of nitriles is 4. The maximum Gasteiger partial charge on any atom is 0.191 e. The van der Waals surface area contributed by atoms with Crippen LogP contribution in [-0.4, -0.2) is 10.5 Å². The van der Waals surface area contributed by atoms with Gasteiger partial charge in [-0.2, -0.15) is 21.0 Å². The quantitative estimate of drug-likeness (QED) is 0.685. The third-order valence-corrected chi connectivity index (χ3v) is 8.85. The van der Waals surface area contributed by atoms with Crippen LogP contribution >= 0.6 is 11.8 Å². The summed E-state index contributed by atoms with van der Waals surface area (Å²) in [5, 5.41) is 39.3. The number of hydrogen-bond acceptors (Lipinski definition) is 5. The maximum absolute atomic E-state index is 9.98. The average Bonchev–Trinajstić information content (AvgIpc) is 2.83. The van der Waals surface area contributed by atoms with Crippen LogP contribution in [0.1, 0.15) is 32.1 Å². The Morgan fingerprint density at radius 1 is 0.727 bits per heavy atom. The molecule has 5 heteroatoms. The molecule has 5 aliphatic rings. The number of thioether (sulfide) groups is 1. The molecule has 1 aliphatic heterocycles. The minimum absolute atomic E-state index is 0.295. The summed E-state index contributed by atoms with van der Waals surface area (Å²) < 4.78 is -0.505. The Kier molecular flexibility index (Phi) is 2.65. The van der Waals surface area contributed by atoms with Gasteiger partial charge in [0.1, 0.15) is 0 Å². The summed E-state index contributed by atoms with van der Waals surface area (Å²) in [5.74, 6) is 2.38. The van der Waals surface area contributed by atoms with Crippen LogP contribution in [-0.2, 0) is 0 Å². The molecule has 4 nitrogen and oxygen atoms in total. The van der Waals surface area contributed by atoms with Crippen molar-refractivity contribution in [1.82, 2.24) is 0 Å². The lowest BCUT2D eigenvalue weighted by Gasteiger charge is -2.62. The van der Waals surface area contributed by atoms with E-state index >= 15 is 0 Å². The van der Waals surface area contributed by atoms with Crippen LogP contribution in [0.25, 0.3) is 0 Å². The molecule has 1 spiro atoms. The Bertz CT molecular complexity index is 642. The van der Waals surface area contributed by atoms with Gasteiger partial charge in [-0.05, 0) is 55.8 Å². The van der Waals surface area contributed by atoms with Crippen LogP contribution in [0.3, 0.4) is 0 Å². The zero-order valence-corrected chi connectivity index (χ0v) is 13.1. The van der Waals surface area contributed by atoms with E-state index in [2.05, 4.69) is 24.3 Å². The molecule has 4 bridgehead atoms. The summed E-state index contributed by atoms with van der Waals surface area (Å²) in [7, 11) is 0. The van der Waals surface area contributed by atoms with Crippen molar-refractivity contribution >= 4 is 11.8 Å². The highest BCUT2D eigenvalue weighted by atomic mass is 32.2. The first-order valence-corrected chi connectivity index (χ1v) is 8.89. The molecule has 4 saturated carbocycles. The highest BCUT2D eigenvalue weighted by Crippen LogP contribution is 2.74. The molecule has 1 saturated heterocycles. The lowest BCUT2D eigenvalue weighted by Crippen LogP contribution is -2.63. The summed E-state index contributed by atoms with van der Waals surface area (Å²) in [6, 6.07) is 8.58. The van der Waals surface area contributed by atoms with Crippen molar-refractivity contribution in [3.05, 3.63) is 0 Å². The van der Waals surface area contributed by atoms with E-state index in [-0.39, 0.29) is 0 Å². The van der Waals surface area contributed by atoms with Gasteiger partial charge in [0.05, 0.1) is 29.0 Å². The maximum atomic E-state index is 9.98. The van der Waals surface area contributed by atoms with Crippen molar-refractivity contribution in [2.75, 3.05) is 5.75 Å². The van der Waals surface area contributed by atoms with E-state index in [1.165, 1.54) is 6.42 Å². The fraction of sp³-hybridized carbons (Fsp3) is 0.765. The topological polar surface area (TPSA) is 95.2 Å². The summed E-state index contributed by atoms with van der Waals surface area (Å²) >= 11 is 1.60. The molecule has 110 valence electrons. The fourth-order valence-electron chi connectivity index (χ4n) is 6.16. The second kappa shape index (κ2) is 4.19. The van der Waals surface area contributed by atoms with E-state index in [1.807, 2.05) is 0 Å². The van der Waals surface area contributed by atoms with Crippen molar-refractivity contribution in [3.8, 4) is 24.3 Å². The van der Waals surface area contributed by atoms with Gasteiger partial charge in [0.25, 0.3) is 0 Å². The predicted molar refractivity (Wildman–Crippen MR) is 79.6 cm³/mol. The molecule has 5 rings (SSSR count). The minimum atomic E-state index is -1.49. The van der Waals surface area contributed by atoms with Crippen molar-refractivity contribution in [3.63, 3.8) is 0 Å². The molecule has 22 heavy (non-hydrogen) atoms. The molecule has 0 aromatic heterocycles. The number of nitrogens with zero attached hydrogens (tertiary/aromatic N) is 4. The highest BCUT2D eigenvalue weighted by molar-refractivity contribution is 8.01. The third-order valence-electron chi connectivity index (χ3n) is 6.82. The average molecular weight is 308 g/mol. The smallest absolute Gasteiger partial charge is 0.191 e. The van der Waals surface area contributed by atoms with Gasteiger partial charge in [-0.15, -0.1) is 11.8 Å². The zero-order valence-electron chi connectivity index (χ0n) is 12.2. The van der Waals surface area contributed by atoms with Gasteiger partial charge in [0.15, 0.2) is 10.8 Å². The summed E-state index contributed by atoms with van der Waals surface area (Å²) in [5.41, 5.74) is -2.98. The lowest BCUT2D eigenvalue weighted by atomic mass is 9.43. The normalized spacial score (nSPS) is 45.6. The van der Waals surface area contributed by atoms with E-state index < -0.39 is 15.6 Å². The molecular formula is C17H16N4S. The molecule has 0 amide bonds. The van der Waals surface area contributed by atoms with Crippen molar-refractivity contribution in [2.24, 2.45) is 34.5 Å². The highest BCUT2D eigenvalue weighted by Gasteiger charge is 2.78. The lowest BCUT2D eigenvalue weighted by molar-refractivity contribution is -0.0502. The van der Waals surface area contributed by atoms with Gasteiger partial charge in [0.2, 0.25) is 0 Å². The third kappa shape index (κ3) is 1.21. The Hall–Kier alpha value is -1.69. The van der Waals surface area contributed by atoms with Gasteiger partial charge in [0, 0.05) is 5.75 Å². The molecule has 0 radical (unpaired) electrons. The molecule has 0 unspecified atom stereocenters. The summed E-state index contributed by atoms with van der Waals surface area (Å²) in [6.45, 7) is 0. The van der Waals surface area contributed by atoms with Gasteiger partial charge in [-0.1, -0.05) is 0 Å². The van der Waals surface area contributed by atoms with Crippen molar-refractivity contribution in [1.29, 1.82) is 21.0 Å². The Morgan fingerprint density at radius 2 is 1.23 bits per heavy atom. The molecule has 0 N–H and O–H groups in total. The molecule has 0 atom stereocenters. The predicted octanol–water partition coefficient (Wildman–Crippen LogP) is 3.00. The molecule has 5 fully saturated rings. The fourth-order valence-corrected chi connectivity index (χ4v) is 8.30. The number of hydrogen-bond donors (Lipinski definition) is 0. The SMILES string of the molecule is N#CC1(C#N)CSC2(C3CC4CC(C3)CC2C4)C1(C#N)C#N. The Morgan fingerprint density at radius 3 is 1.64 bits per heavy atom. The van der Waals surface area contributed by atoms with E-state index in [0.717, 1.165) is 37.5 Å². The van der Waals surface area contributed by atoms with Gasteiger partial charge < -0.3 is 0 Å². The first-order chi connectivity index (χ1) is 10.6. The van der Waals surface area contributed by atoms with Gasteiger partial charge in [-0.3, -0.25) is 0 Å². The Balaban J connectivity index is 1.93. The second-order valence-corrected chi connectivity index (χ2v) is 8.74.